The van der Waals surface area contributed by atoms with E-state index in [2.05, 4.69) is 180 Å². The predicted octanol–water partition coefficient (Wildman–Crippen LogP) is 18.6. The maximum absolute atomic E-state index is 9.75. The Hall–Kier alpha value is -5.59. The van der Waals surface area contributed by atoms with Crippen LogP contribution in [0, 0.1) is 0 Å². The second-order valence-electron chi connectivity index (χ2n) is 16.9. The largest absolute Gasteiger partial charge is 0.673 e. The van der Waals surface area contributed by atoms with E-state index < -0.39 is 23.6 Å². The van der Waals surface area contributed by atoms with Crippen LogP contribution in [-0.2, 0) is 19.5 Å². The van der Waals surface area contributed by atoms with Crippen LogP contribution in [0.25, 0.3) is 87.0 Å². The predicted molar refractivity (Wildman–Crippen MR) is 274 cm³/mol. The maximum Gasteiger partial charge on any atom is 0.673 e. The minimum atomic E-state index is -6.00. The van der Waals surface area contributed by atoms with Gasteiger partial charge in [-0.3, -0.25) is 0 Å². The number of rotatable bonds is 4. The molecule has 1 fully saturated rings. The topological polar surface area (TPSA) is 76.6 Å². The van der Waals surface area contributed by atoms with E-state index in [1.165, 1.54) is 47.2 Å². The summed E-state index contributed by atoms with van der Waals surface area (Å²) in [6, 6.07) is 51.2. The summed E-state index contributed by atoms with van der Waals surface area (Å²) >= 11 is 0. The monoisotopic (exact) mass is 1040 g/mol. The number of hydrogen-bond donors (Lipinski definition) is 2. The van der Waals surface area contributed by atoms with Crippen LogP contribution in [0.3, 0.4) is 0 Å². The van der Waals surface area contributed by atoms with Gasteiger partial charge in [-0.05, 0) is 106 Å². The van der Waals surface area contributed by atoms with Gasteiger partial charge in [-0.25, -0.2) is 10.2 Å². The van der Waals surface area contributed by atoms with Crippen LogP contribution >= 0.6 is 16.3 Å². The van der Waals surface area contributed by atoms with E-state index in [-0.39, 0.29) is 31.6 Å². The Morgan fingerprint density at radius 1 is 0.382 bits per heavy atom. The molecular weight excluding hydrogens is 992 g/mol. The Bertz CT molecular complexity index is 3120. The minimum absolute atomic E-state index is 0. The fourth-order valence-corrected chi connectivity index (χ4v) is 12.2. The van der Waals surface area contributed by atoms with Gasteiger partial charge in [0.05, 0.1) is 0 Å². The van der Waals surface area contributed by atoms with Crippen LogP contribution in [0.5, 0.6) is 0 Å². The third kappa shape index (κ3) is 10.7. The normalized spacial score (nSPS) is 17.2. The van der Waals surface area contributed by atoms with Gasteiger partial charge in [-0.1, -0.05) is 158 Å². The molecule has 2 aromatic heterocycles. The summed E-state index contributed by atoms with van der Waals surface area (Å²) in [4.78, 5) is 0. The summed E-state index contributed by atoms with van der Waals surface area (Å²) in [6.45, 7) is 0. The Balaban J connectivity index is 0.000000362. The first-order valence-electron chi connectivity index (χ1n) is 22.8. The SMILES string of the molecule is C1=C\CC/C=C\CC/1.F[B-](F)(F)F.[Rh].c1ccc2c(c1)ccc1op(N[C@H]3CCCC[C@@H]3Np3oc4ccc5ccccc5c4c4c(ccc5ccccc54)o3)oc3ccc4ccccc4c3c12. The zero-order chi connectivity index (χ0) is 45.7. The fourth-order valence-electron chi connectivity index (χ4n) is 9.41. The zero-order valence-electron chi connectivity index (χ0n) is 36.9. The van der Waals surface area contributed by atoms with E-state index in [0.717, 1.165) is 91.1 Å². The van der Waals surface area contributed by atoms with Gasteiger partial charge >= 0.3 is 23.6 Å². The van der Waals surface area contributed by atoms with Gasteiger partial charge in [0.2, 0.25) is 0 Å². The van der Waals surface area contributed by atoms with Gasteiger partial charge in [0.25, 0.3) is 0 Å². The van der Waals surface area contributed by atoms with Gasteiger partial charge < -0.3 is 34.0 Å². The van der Waals surface area contributed by atoms with Crippen molar-refractivity contribution in [1.29, 1.82) is 0 Å². The van der Waals surface area contributed by atoms with Gasteiger partial charge in [0, 0.05) is 53.1 Å². The molecular formula is C54H48BF4N2O4P2Rh-. The van der Waals surface area contributed by atoms with Gasteiger partial charge in [-0.2, -0.15) is 0 Å². The molecule has 8 aromatic carbocycles. The van der Waals surface area contributed by atoms with E-state index in [0.29, 0.717) is 0 Å². The van der Waals surface area contributed by atoms with Gasteiger partial charge in [0.1, 0.15) is 22.3 Å². The minimum Gasteiger partial charge on any atom is -0.418 e. The average Bonchev–Trinajstić information content (AvgIpc) is 3.59. The number of allylic oxidation sites excluding steroid dienone is 4. The van der Waals surface area contributed by atoms with Crippen LogP contribution in [0.15, 0.2) is 187 Å². The van der Waals surface area contributed by atoms with Crippen LogP contribution in [0.1, 0.15) is 51.4 Å². The molecule has 2 aliphatic carbocycles. The zero-order valence-corrected chi connectivity index (χ0v) is 40.4. The Labute approximate surface area is 405 Å². The van der Waals surface area contributed by atoms with Crippen molar-refractivity contribution in [2.45, 2.75) is 63.5 Å². The third-order valence-corrected chi connectivity index (χ3v) is 15.0. The first kappa shape index (κ1) is 47.5. The van der Waals surface area contributed by atoms with Crippen molar-refractivity contribution in [3.05, 3.63) is 170 Å². The second kappa shape index (κ2) is 21.4. The molecule has 2 N–H and O–H groups in total. The molecule has 2 heterocycles. The molecule has 1 saturated carbocycles. The van der Waals surface area contributed by atoms with Crippen molar-refractivity contribution in [3.8, 4) is 0 Å². The van der Waals surface area contributed by atoms with E-state index in [9.17, 15) is 17.3 Å². The molecule has 6 nitrogen and oxygen atoms in total. The van der Waals surface area contributed by atoms with E-state index in [1.54, 1.807) is 0 Å². The number of nitrogens with one attached hydrogen (secondary N) is 2. The maximum atomic E-state index is 9.75. The summed E-state index contributed by atoms with van der Waals surface area (Å²) < 4.78 is 66.5. The van der Waals surface area contributed by atoms with Crippen molar-refractivity contribution in [2.24, 2.45) is 0 Å². The average molecular weight is 1040 g/mol. The van der Waals surface area contributed by atoms with E-state index in [1.807, 2.05) is 0 Å². The number of benzene rings is 8. The summed E-state index contributed by atoms with van der Waals surface area (Å²) in [5, 5.41) is 21.3. The van der Waals surface area contributed by atoms with Gasteiger partial charge in [-0.15, -0.1) is 0 Å². The van der Waals surface area contributed by atoms with Crippen LogP contribution in [0.2, 0.25) is 0 Å². The number of fused-ring (bicyclic) bond motifs is 14. The van der Waals surface area contributed by atoms with Crippen molar-refractivity contribution in [1.82, 2.24) is 0 Å². The Morgan fingerprint density at radius 3 is 0.897 bits per heavy atom. The van der Waals surface area contributed by atoms with Crippen molar-refractivity contribution >= 4 is 111 Å². The molecule has 0 saturated heterocycles. The van der Waals surface area contributed by atoms with Crippen molar-refractivity contribution in [2.75, 3.05) is 10.2 Å². The van der Waals surface area contributed by atoms with E-state index in [4.69, 9.17) is 16.8 Å². The molecule has 0 aliphatic heterocycles. The molecule has 1 radical (unpaired) electrons. The molecule has 10 aromatic rings. The molecule has 0 amide bonds. The van der Waals surface area contributed by atoms with Crippen LogP contribution < -0.4 is 10.2 Å². The smallest absolute Gasteiger partial charge is 0.418 e. The van der Waals surface area contributed by atoms with E-state index >= 15 is 0 Å². The standard InChI is InChI=1S/C46H36N2O4P2.C8H12.BF4.Rh/c1-5-15-33-29(11-1)21-25-39-43(33)44-34-16-6-2-12-30(34)22-26-40(44)50-53(49-39)47-37-19-9-10-20-38(37)48-54-51-41-27-23-31-13-3-7-17-35(31)45(41)46-36-18-8-4-14-32(36)24-28-42(46)52-54;1-2-4-6-8-7-5-3-1;2-1(3,4)5;/h1-8,11-18,21-28,37-38,47-48H,9-10,19-20H2;1-2,7-8H,3-6H2;;/q;;-1;/b;2-1-,8-7-;;/t37-,38-;;;/m0.../s1. The number of halogens is 4. The Morgan fingerprint density at radius 2 is 0.632 bits per heavy atom. The molecule has 0 bridgehead atoms. The first-order chi connectivity index (χ1) is 32.7. The summed E-state index contributed by atoms with van der Waals surface area (Å²) in [7, 11) is -9.10. The molecule has 14 heteroatoms. The molecule has 0 unspecified atom stereocenters. The molecule has 12 rings (SSSR count). The third-order valence-electron chi connectivity index (χ3n) is 12.4. The first-order valence-corrected chi connectivity index (χ1v) is 25.2. The molecule has 349 valence electrons. The summed E-state index contributed by atoms with van der Waals surface area (Å²) in [6.07, 6.45) is 18.2. The second-order valence-corrected chi connectivity index (χ2v) is 19.1. The van der Waals surface area contributed by atoms with Crippen LogP contribution in [-0.4, -0.2) is 19.3 Å². The summed E-state index contributed by atoms with van der Waals surface area (Å²) in [5.74, 6) is 0. The van der Waals surface area contributed by atoms with Crippen LogP contribution in [0.4, 0.5) is 17.3 Å². The quantitative estimate of drug-likeness (QED) is 0.104. The Kier molecular flexibility index (Phi) is 14.9. The molecule has 0 spiro atoms. The summed E-state index contributed by atoms with van der Waals surface area (Å²) in [5.41, 5.74) is 3.32. The number of hydrogen-bond acceptors (Lipinski definition) is 6. The molecule has 68 heavy (non-hydrogen) atoms. The van der Waals surface area contributed by atoms with Gasteiger partial charge in [0.15, 0.2) is 0 Å². The molecule has 2 atom stereocenters. The van der Waals surface area contributed by atoms with Crippen molar-refractivity contribution in [3.63, 3.8) is 0 Å². The van der Waals surface area contributed by atoms with Crippen molar-refractivity contribution < 1.29 is 53.5 Å². The fraction of sp³-hybridized carbons (Fsp3) is 0.185. The molecule has 2 aliphatic rings.